The second-order valence-electron chi connectivity index (χ2n) is 3.29. The number of thioether (sulfide) groups is 1. The summed E-state index contributed by atoms with van der Waals surface area (Å²) in [4.78, 5) is 0.868. The maximum Gasteiger partial charge on any atom is 0.205 e. The van der Waals surface area contributed by atoms with Crippen LogP contribution in [0.1, 0.15) is 11.9 Å². The third-order valence-electron chi connectivity index (χ3n) is 2.01. The molecule has 6 heteroatoms. The molecule has 0 aliphatic rings. The van der Waals surface area contributed by atoms with E-state index in [1.54, 1.807) is 29.2 Å². The van der Waals surface area contributed by atoms with Gasteiger partial charge in [0.15, 0.2) is 0 Å². The van der Waals surface area contributed by atoms with Gasteiger partial charge in [0.25, 0.3) is 0 Å². The molecule has 1 aromatic carbocycles. The van der Waals surface area contributed by atoms with Crippen LogP contribution in [0.3, 0.4) is 0 Å². The summed E-state index contributed by atoms with van der Waals surface area (Å²) in [7, 11) is 0. The summed E-state index contributed by atoms with van der Waals surface area (Å²) in [5.74, 6) is 1.04. The van der Waals surface area contributed by atoms with Gasteiger partial charge < -0.3 is 10.4 Å². The van der Waals surface area contributed by atoms with E-state index in [2.05, 4.69) is 15.5 Å². The summed E-state index contributed by atoms with van der Waals surface area (Å²) < 4.78 is 0. The maximum atomic E-state index is 9.61. The van der Waals surface area contributed by atoms with E-state index in [1.807, 2.05) is 25.1 Å². The van der Waals surface area contributed by atoms with Crippen molar-refractivity contribution in [3.05, 3.63) is 29.3 Å². The SMILES string of the molecule is CCNc1nnc(CSc2ccccc2O)s1. The predicted octanol–water partition coefficient (Wildman–Crippen LogP) is 2.97. The van der Waals surface area contributed by atoms with Crippen molar-refractivity contribution in [2.75, 3.05) is 11.9 Å². The minimum atomic E-state index is 0.314. The van der Waals surface area contributed by atoms with Crippen LogP contribution in [0.15, 0.2) is 29.2 Å². The first-order valence-electron chi connectivity index (χ1n) is 5.26. The van der Waals surface area contributed by atoms with Gasteiger partial charge in [0, 0.05) is 11.4 Å². The molecule has 2 aromatic rings. The van der Waals surface area contributed by atoms with Crippen LogP contribution in [0.4, 0.5) is 5.13 Å². The fourth-order valence-corrected chi connectivity index (χ4v) is 3.00. The lowest BCUT2D eigenvalue weighted by molar-refractivity contribution is 0.462. The fourth-order valence-electron chi connectivity index (χ4n) is 1.25. The molecule has 2 N–H and O–H groups in total. The highest BCUT2D eigenvalue weighted by molar-refractivity contribution is 7.98. The average molecular weight is 267 g/mol. The molecule has 0 aliphatic carbocycles. The molecule has 17 heavy (non-hydrogen) atoms. The number of phenolic OH excluding ortho intramolecular Hbond substituents is 1. The van der Waals surface area contributed by atoms with Crippen molar-refractivity contribution in [1.82, 2.24) is 10.2 Å². The monoisotopic (exact) mass is 267 g/mol. The lowest BCUT2D eigenvalue weighted by Crippen LogP contribution is -1.94. The molecule has 0 spiro atoms. The summed E-state index contributed by atoms with van der Waals surface area (Å²) in [6, 6.07) is 7.30. The number of anilines is 1. The zero-order chi connectivity index (χ0) is 12.1. The maximum absolute atomic E-state index is 9.61. The molecule has 0 atom stereocenters. The van der Waals surface area contributed by atoms with E-state index in [1.165, 1.54) is 0 Å². The molecule has 4 nitrogen and oxygen atoms in total. The van der Waals surface area contributed by atoms with Crippen LogP contribution in [0.25, 0.3) is 0 Å². The Labute approximate surface area is 108 Å². The summed E-state index contributed by atoms with van der Waals surface area (Å²) in [6.07, 6.45) is 0. The minimum absolute atomic E-state index is 0.314. The van der Waals surface area contributed by atoms with Crippen LogP contribution >= 0.6 is 23.1 Å². The number of benzene rings is 1. The van der Waals surface area contributed by atoms with Crippen LogP contribution in [0.5, 0.6) is 5.75 Å². The molecule has 0 aliphatic heterocycles. The third-order valence-corrected chi connectivity index (χ3v) is 4.15. The molecule has 0 bridgehead atoms. The average Bonchev–Trinajstić information content (AvgIpc) is 2.76. The first kappa shape index (κ1) is 12.2. The standard InChI is InChI=1S/C11H13N3OS2/c1-2-12-11-14-13-10(17-11)7-16-9-6-4-3-5-8(9)15/h3-6,15H,2,7H2,1H3,(H,12,14). The van der Waals surface area contributed by atoms with E-state index < -0.39 is 0 Å². The van der Waals surface area contributed by atoms with E-state index in [4.69, 9.17) is 0 Å². The van der Waals surface area contributed by atoms with E-state index in [0.29, 0.717) is 5.75 Å². The van der Waals surface area contributed by atoms with Crippen molar-refractivity contribution in [3.8, 4) is 5.75 Å². The Hall–Kier alpha value is -1.27. The lowest BCUT2D eigenvalue weighted by atomic mass is 10.3. The number of nitrogens with zero attached hydrogens (tertiary/aromatic N) is 2. The number of aromatic hydroxyl groups is 1. The van der Waals surface area contributed by atoms with Gasteiger partial charge >= 0.3 is 0 Å². The van der Waals surface area contributed by atoms with Gasteiger partial charge in [0.2, 0.25) is 5.13 Å². The van der Waals surface area contributed by atoms with Crippen molar-refractivity contribution in [1.29, 1.82) is 0 Å². The zero-order valence-electron chi connectivity index (χ0n) is 9.38. The molecular weight excluding hydrogens is 254 g/mol. The van der Waals surface area contributed by atoms with Crippen molar-refractivity contribution in [2.24, 2.45) is 0 Å². The molecule has 0 fully saturated rings. The Morgan fingerprint density at radius 1 is 1.35 bits per heavy atom. The molecule has 90 valence electrons. The van der Waals surface area contributed by atoms with Crippen molar-refractivity contribution in [3.63, 3.8) is 0 Å². The van der Waals surface area contributed by atoms with Crippen LogP contribution in [-0.4, -0.2) is 21.8 Å². The van der Waals surface area contributed by atoms with Crippen LogP contribution < -0.4 is 5.32 Å². The molecule has 2 rings (SSSR count). The van der Waals surface area contributed by atoms with Crippen LogP contribution in [0, 0.1) is 0 Å². The number of phenols is 1. The lowest BCUT2D eigenvalue weighted by Gasteiger charge is -2.01. The Kier molecular flexibility index (Phi) is 4.22. The number of hydrogen-bond donors (Lipinski definition) is 2. The van der Waals surface area contributed by atoms with E-state index >= 15 is 0 Å². The van der Waals surface area contributed by atoms with Crippen molar-refractivity contribution in [2.45, 2.75) is 17.6 Å². The largest absolute Gasteiger partial charge is 0.507 e. The van der Waals surface area contributed by atoms with Gasteiger partial charge in [0.1, 0.15) is 10.8 Å². The number of nitrogens with one attached hydrogen (secondary N) is 1. The highest BCUT2D eigenvalue weighted by Crippen LogP contribution is 2.31. The third kappa shape index (κ3) is 3.34. The van der Waals surface area contributed by atoms with Crippen LogP contribution in [-0.2, 0) is 5.75 Å². The van der Waals surface area contributed by atoms with E-state index in [0.717, 1.165) is 27.3 Å². The Morgan fingerprint density at radius 3 is 2.94 bits per heavy atom. The summed E-state index contributed by atoms with van der Waals surface area (Å²) in [6.45, 7) is 2.87. The Bertz CT molecular complexity index is 487. The first-order valence-corrected chi connectivity index (χ1v) is 7.07. The van der Waals surface area contributed by atoms with Gasteiger partial charge in [0.05, 0.1) is 5.75 Å². The molecule has 0 saturated heterocycles. The van der Waals surface area contributed by atoms with Crippen LogP contribution in [0.2, 0.25) is 0 Å². The summed E-state index contributed by atoms with van der Waals surface area (Å²) >= 11 is 3.11. The zero-order valence-corrected chi connectivity index (χ0v) is 11.0. The summed E-state index contributed by atoms with van der Waals surface area (Å²) in [5, 5.41) is 22.6. The normalized spacial score (nSPS) is 10.4. The Morgan fingerprint density at radius 2 is 2.18 bits per heavy atom. The number of hydrogen-bond acceptors (Lipinski definition) is 6. The van der Waals surface area contributed by atoms with Gasteiger partial charge in [-0.15, -0.1) is 22.0 Å². The van der Waals surface area contributed by atoms with Gasteiger partial charge in [-0.3, -0.25) is 0 Å². The van der Waals surface area contributed by atoms with Gasteiger partial charge in [-0.05, 0) is 19.1 Å². The van der Waals surface area contributed by atoms with Gasteiger partial charge in [-0.25, -0.2) is 0 Å². The number of para-hydroxylation sites is 1. The quantitative estimate of drug-likeness (QED) is 0.816. The Balaban J connectivity index is 1.95. The van der Waals surface area contributed by atoms with Gasteiger partial charge in [-0.1, -0.05) is 23.5 Å². The number of aromatic nitrogens is 2. The molecule has 1 aromatic heterocycles. The number of rotatable bonds is 5. The molecule has 0 radical (unpaired) electrons. The highest BCUT2D eigenvalue weighted by Gasteiger charge is 2.05. The molecule has 1 heterocycles. The molecule has 0 saturated carbocycles. The highest BCUT2D eigenvalue weighted by atomic mass is 32.2. The molecule has 0 unspecified atom stereocenters. The summed E-state index contributed by atoms with van der Waals surface area (Å²) in [5.41, 5.74) is 0. The van der Waals surface area contributed by atoms with E-state index in [9.17, 15) is 5.11 Å². The van der Waals surface area contributed by atoms with Gasteiger partial charge in [-0.2, -0.15) is 0 Å². The second kappa shape index (κ2) is 5.88. The smallest absolute Gasteiger partial charge is 0.205 e. The topological polar surface area (TPSA) is 58.0 Å². The van der Waals surface area contributed by atoms with E-state index in [-0.39, 0.29) is 0 Å². The predicted molar refractivity (Wildman–Crippen MR) is 71.7 cm³/mol. The van der Waals surface area contributed by atoms with Crippen molar-refractivity contribution >= 4 is 28.2 Å². The fraction of sp³-hybridized carbons (Fsp3) is 0.273. The molecule has 0 amide bonds. The molecular formula is C11H13N3OS2. The second-order valence-corrected chi connectivity index (χ2v) is 5.37. The minimum Gasteiger partial charge on any atom is -0.507 e. The van der Waals surface area contributed by atoms with Crippen molar-refractivity contribution < 1.29 is 5.11 Å². The first-order chi connectivity index (χ1) is 8.29.